The van der Waals surface area contributed by atoms with Gasteiger partial charge in [-0.05, 0) is 196 Å². The van der Waals surface area contributed by atoms with E-state index in [1.54, 1.807) is 22.3 Å². The zero-order valence-electron chi connectivity index (χ0n) is 30.7. The molecule has 0 radical (unpaired) electrons. The van der Waals surface area contributed by atoms with Gasteiger partial charge in [0.2, 0.25) is 0 Å². The fourth-order valence-electron chi connectivity index (χ4n) is 17.1. The Bertz CT molecular complexity index is 2800. The first kappa shape index (κ1) is 27.9. The molecule has 6 atom stereocenters. The van der Waals surface area contributed by atoms with Crippen molar-refractivity contribution in [1.29, 1.82) is 0 Å². The van der Waals surface area contributed by atoms with Crippen molar-refractivity contribution in [2.24, 2.45) is 35.5 Å². The quantitative estimate of drug-likeness (QED) is 0.159. The van der Waals surface area contributed by atoms with Gasteiger partial charge in [-0.1, -0.05) is 0 Å². The Morgan fingerprint density at radius 1 is 0.453 bits per heavy atom. The van der Waals surface area contributed by atoms with Gasteiger partial charge in [0, 0.05) is 50.2 Å². The average molecular weight is 694 g/mol. The predicted octanol–water partition coefficient (Wildman–Crippen LogP) is 12.7. The Hall–Kier alpha value is -3.66. The van der Waals surface area contributed by atoms with Crippen LogP contribution in [-0.2, 0) is 0 Å². The smallest absolute Gasteiger partial charge is 0.145 e. The molecule has 5 heterocycles. The summed E-state index contributed by atoms with van der Waals surface area (Å²) in [6, 6.07) is 7.87. The number of rotatable bonds is 0. The summed E-state index contributed by atoms with van der Waals surface area (Å²) in [7, 11) is 0. The lowest BCUT2D eigenvalue weighted by molar-refractivity contribution is 0.165. The summed E-state index contributed by atoms with van der Waals surface area (Å²) in [4.78, 5) is 11.0. The van der Waals surface area contributed by atoms with Gasteiger partial charge in [-0.25, -0.2) is 0 Å². The van der Waals surface area contributed by atoms with Crippen molar-refractivity contribution in [1.82, 2.24) is 14.4 Å². The number of fused-ring (bicyclic) bond motifs is 10. The van der Waals surface area contributed by atoms with Crippen LogP contribution in [0.25, 0.3) is 60.0 Å². The topological polar surface area (TPSA) is 43.3 Å². The number of furan rings is 1. The number of hydrogen-bond acceptors (Lipinski definition) is 3. The first-order valence-corrected chi connectivity index (χ1v) is 22.1. The molecule has 0 amide bonds. The van der Waals surface area contributed by atoms with E-state index in [2.05, 4.69) is 35.0 Å². The molecule has 0 saturated heterocycles. The molecule has 264 valence electrons. The minimum atomic E-state index is 0.622. The van der Waals surface area contributed by atoms with Gasteiger partial charge in [0.1, 0.15) is 11.2 Å². The molecule has 5 aromatic heterocycles. The van der Waals surface area contributed by atoms with Crippen LogP contribution >= 0.6 is 0 Å². The third-order valence-electron chi connectivity index (χ3n) is 18.3. The molecule has 0 N–H and O–H groups in total. The first-order chi connectivity index (χ1) is 26.1. The van der Waals surface area contributed by atoms with Gasteiger partial charge in [0.15, 0.2) is 0 Å². The van der Waals surface area contributed by atoms with Gasteiger partial charge >= 0.3 is 0 Å². The normalized spacial score (nSPS) is 38.6. The SMILES string of the molecule is c1c2c(cc3c1oc1c3cc3c4c5c(ncc4n4c6cnc7c(c6c1c34)C1CC3CC(CC7C3)C1)C1CC3CC(C1)CC5C3)C1CC3CC(CC2C3)C1. The van der Waals surface area contributed by atoms with Gasteiger partial charge in [-0.2, -0.15) is 0 Å². The number of aromatic nitrogens is 3. The maximum atomic E-state index is 7.40. The molecule has 12 bridgehead atoms. The van der Waals surface area contributed by atoms with E-state index in [0.29, 0.717) is 23.7 Å². The van der Waals surface area contributed by atoms with Crippen LogP contribution in [0.15, 0.2) is 35.0 Å². The molecule has 6 fully saturated rings. The molecule has 53 heavy (non-hydrogen) atoms. The van der Waals surface area contributed by atoms with E-state index in [1.807, 2.05) is 0 Å². The summed E-state index contributed by atoms with van der Waals surface area (Å²) < 4.78 is 10.1. The van der Waals surface area contributed by atoms with Crippen molar-refractivity contribution in [3.05, 3.63) is 64.2 Å². The number of benzene rings is 2. The van der Waals surface area contributed by atoms with E-state index in [4.69, 9.17) is 14.4 Å². The van der Waals surface area contributed by atoms with E-state index in [1.165, 1.54) is 157 Å². The molecule has 0 spiro atoms. The van der Waals surface area contributed by atoms with E-state index in [-0.39, 0.29) is 0 Å². The standard InChI is InChI=1S/C49H47N3O/c1-21-4-27-5-22(1)7-28(6-21)34-18-40-35(16-33(27)34)36-17-37-43-38(19-50-46-31-12-23-2-24(13-31)9-29(8-23)41(43)46)52-39-20-51-47-32-14-25-3-26(15-32)11-30(10-25)42(47)44(39)45(48(37)52)49(36)53-40/h16-32H,1-15H2. The lowest BCUT2D eigenvalue weighted by atomic mass is 9.67. The maximum absolute atomic E-state index is 7.40. The molecule has 6 saturated carbocycles. The van der Waals surface area contributed by atoms with Crippen molar-refractivity contribution in [2.75, 3.05) is 0 Å². The third-order valence-corrected chi connectivity index (χ3v) is 18.3. The van der Waals surface area contributed by atoms with E-state index >= 15 is 0 Å². The van der Waals surface area contributed by atoms with E-state index in [9.17, 15) is 0 Å². The Morgan fingerprint density at radius 2 is 0.943 bits per heavy atom. The molecular weight excluding hydrogens is 647 g/mol. The molecule has 0 aliphatic heterocycles. The molecule has 19 rings (SSSR count). The van der Waals surface area contributed by atoms with Crippen LogP contribution in [0.5, 0.6) is 0 Å². The highest BCUT2D eigenvalue weighted by molar-refractivity contribution is 6.33. The van der Waals surface area contributed by atoms with Crippen molar-refractivity contribution < 1.29 is 4.42 Å². The Balaban J connectivity index is 1.08. The zero-order valence-corrected chi connectivity index (χ0v) is 30.7. The molecular formula is C49H47N3O. The lowest BCUT2D eigenvalue weighted by Gasteiger charge is -2.38. The fraction of sp³-hybridized carbons (Fsp3) is 0.551. The minimum Gasteiger partial charge on any atom is -0.455 e. The van der Waals surface area contributed by atoms with Gasteiger partial charge in [0.25, 0.3) is 0 Å². The van der Waals surface area contributed by atoms with Crippen LogP contribution in [0.4, 0.5) is 0 Å². The molecule has 4 nitrogen and oxygen atoms in total. The van der Waals surface area contributed by atoms with E-state index in [0.717, 1.165) is 58.5 Å². The van der Waals surface area contributed by atoms with E-state index < -0.39 is 0 Å². The monoisotopic (exact) mass is 693 g/mol. The second-order valence-electron chi connectivity index (χ2n) is 21.0. The second-order valence-corrected chi connectivity index (χ2v) is 21.0. The van der Waals surface area contributed by atoms with Crippen LogP contribution in [-0.4, -0.2) is 14.4 Å². The summed E-state index contributed by atoms with van der Waals surface area (Å²) in [6.45, 7) is 0. The zero-order chi connectivity index (χ0) is 33.6. The maximum Gasteiger partial charge on any atom is 0.145 e. The van der Waals surface area contributed by atoms with Crippen LogP contribution in [0.2, 0.25) is 0 Å². The highest BCUT2D eigenvalue weighted by Crippen LogP contribution is 2.62. The molecule has 12 aliphatic rings. The third kappa shape index (κ3) is 3.26. The second kappa shape index (κ2) is 9.06. The highest BCUT2D eigenvalue weighted by atomic mass is 16.3. The minimum absolute atomic E-state index is 0.622. The lowest BCUT2D eigenvalue weighted by Crippen LogP contribution is -2.25. The average Bonchev–Trinajstić information content (AvgIpc) is 3.66. The van der Waals surface area contributed by atoms with Crippen molar-refractivity contribution in [3.8, 4) is 0 Å². The van der Waals surface area contributed by atoms with Gasteiger partial charge in [-0.15, -0.1) is 0 Å². The Labute approximate surface area is 309 Å². The van der Waals surface area contributed by atoms with Gasteiger partial charge in [0.05, 0.1) is 34.3 Å². The number of pyridine rings is 2. The van der Waals surface area contributed by atoms with Gasteiger partial charge in [-0.3, -0.25) is 9.97 Å². The Morgan fingerprint density at radius 3 is 1.53 bits per heavy atom. The Kier molecular flexibility index (Phi) is 4.76. The van der Waals surface area contributed by atoms with Gasteiger partial charge < -0.3 is 8.82 Å². The van der Waals surface area contributed by atoms with Crippen LogP contribution in [0, 0.1) is 35.5 Å². The molecule has 6 unspecified atom stereocenters. The molecule has 7 aromatic rings. The summed E-state index contributed by atoms with van der Waals surface area (Å²) in [5.41, 5.74) is 15.9. The molecule has 12 aliphatic carbocycles. The van der Waals surface area contributed by atoms with Crippen molar-refractivity contribution in [2.45, 2.75) is 132 Å². The summed E-state index contributed by atoms with van der Waals surface area (Å²) in [6.07, 6.45) is 25.5. The largest absolute Gasteiger partial charge is 0.455 e. The van der Waals surface area contributed by atoms with Crippen LogP contribution < -0.4 is 0 Å². The van der Waals surface area contributed by atoms with Crippen LogP contribution in [0.1, 0.15) is 165 Å². The first-order valence-electron chi connectivity index (χ1n) is 22.1. The summed E-state index contributed by atoms with van der Waals surface area (Å²) >= 11 is 0. The number of nitrogens with zero attached hydrogens (tertiary/aromatic N) is 3. The van der Waals surface area contributed by atoms with Crippen molar-refractivity contribution >= 4 is 60.0 Å². The molecule has 4 heteroatoms. The van der Waals surface area contributed by atoms with Crippen molar-refractivity contribution in [3.63, 3.8) is 0 Å². The summed E-state index contributed by atoms with van der Waals surface area (Å²) in [5.74, 6) is 9.36. The fourth-order valence-corrected chi connectivity index (χ4v) is 17.1. The van der Waals surface area contributed by atoms with Crippen LogP contribution in [0.3, 0.4) is 0 Å². The predicted molar refractivity (Wildman–Crippen MR) is 211 cm³/mol. The number of hydrogen-bond donors (Lipinski definition) is 0. The highest BCUT2D eigenvalue weighted by Gasteiger charge is 2.47. The summed E-state index contributed by atoms with van der Waals surface area (Å²) in [5, 5.41) is 8.66. The molecule has 2 aromatic carbocycles.